The van der Waals surface area contributed by atoms with Crippen molar-refractivity contribution in [2.75, 3.05) is 33.8 Å². The number of amides is 1. The molecule has 8 nitrogen and oxygen atoms in total. The largest absolute Gasteiger partial charge is 0.497 e. The minimum Gasteiger partial charge on any atom is -0.497 e. The van der Waals surface area contributed by atoms with Gasteiger partial charge in [-0.3, -0.25) is 9.89 Å². The van der Waals surface area contributed by atoms with Crippen LogP contribution in [-0.4, -0.2) is 44.5 Å². The van der Waals surface area contributed by atoms with Crippen LogP contribution in [0.4, 0.5) is 5.69 Å². The van der Waals surface area contributed by atoms with Crippen molar-refractivity contribution >= 4 is 11.6 Å². The molecule has 3 rings (SSSR count). The maximum absolute atomic E-state index is 12.6. The summed E-state index contributed by atoms with van der Waals surface area (Å²) in [6.07, 6.45) is 0. The van der Waals surface area contributed by atoms with Crippen LogP contribution in [0.5, 0.6) is 23.0 Å². The number of benzene rings is 2. The number of carbonyl (C=O) groups is 1. The summed E-state index contributed by atoms with van der Waals surface area (Å²) in [7, 11) is 6.24. The molecule has 0 aliphatic rings. The first-order chi connectivity index (χ1) is 13.6. The highest BCUT2D eigenvalue weighted by Crippen LogP contribution is 2.32. The Labute approximate surface area is 162 Å². The molecule has 0 aliphatic carbocycles. The molecular weight excluding hydrogens is 362 g/mol. The van der Waals surface area contributed by atoms with Crippen LogP contribution in [0.25, 0.3) is 11.3 Å². The molecule has 0 unspecified atom stereocenters. The van der Waals surface area contributed by atoms with Crippen LogP contribution >= 0.6 is 0 Å². The number of anilines is 1. The molecule has 1 heterocycles. The van der Waals surface area contributed by atoms with Gasteiger partial charge in [0.1, 0.15) is 28.7 Å². The van der Waals surface area contributed by atoms with Crippen LogP contribution in [0.15, 0.2) is 42.5 Å². The van der Waals surface area contributed by atoms with E-state index in [1.165, 1.54) is 0 Å². The van der Waals surface area contributed by atoms with E-state index in [4.69, 9.17) is 18.9 Å². The van der Waals surface area contributed by atoms with E-state index >= 15 is 0 Å². The molecule has 2 aromatic carbocycles. The van der Waals surface area contributed by atoms with Gasteiger partial charge >= 0.3 is 0 Å². The van der Waals surface area contributed by atoms with Gasteiger partial charge in [-0.05, 0) is 18.2 Å². The molecule has 8 heteroatoms. The Hall–Kier alpha value is -3.68. The number of ether oxygens (including phenoxy) is 4. The minimum atomic E-state index is -0.346. The number of nitrogens with one attached hydrogen (secondary N) is 2. The Morgan fingerprint density at radius 3 is 2.14 bits per heavy atom. The number of hydrogen-bond donors (Lipinski definition) is 2. The summed E-state index contributed by atoms with van der Waals surface area (Å²) in [5, 5.41) is 9.77. The van der Waals surface area contributed by atoms with Crippen LogP contribution < -0.4 is 24.3 Å². The van der Waals surface area contributed by atoms with E-state index in [0.29, 0.717) is 40.1 Å². The Bertz CT molecular complexity index is 961. The lowest BCUT2D eigenvalue weighted by Crippen LogP contribution is -2.12. The SMILES string of the molecule is COc1cc(NC(=O)c2cc(-c3ccc(OC)cc3OC)n[nH]2)cc(OC)c1. The fraction of sp³-hybridized carbons (Fsp3) is 0.200. The van der Waals surface area contributed by atoms with Crippen LogP contribution in [0.2, 0.25) is 0 Å². The fourth-order valence-corrected chi connectivity index (χ4v) is 2.66. The highest BCUT2D eigenvalue weighted by Gasteiger charge is 2.15. The third kappa shape index (κ3) is 4.01. The zero-order valence-electron chi connectivity index (χ0n) is 16.0. The van der Waals surface area contributed by atoms with Crippen LogP contribution in [0.1, 0.15) is 10.5 Å². The molecule has 1 amide bonds. The van der Waals surface area contributed by atoms with Crippen molar-refractivity contribution < 1.29 is 23.7 Å². The summed E-state index contributed by atoms with van der Waals surface area (Å²) < 4.78 is 21.0. The molecule has 3 aromatic rings. The summed E-state index contributed by atoms with van der Waals surface area (Å²) in [5.41, 5.74) is 2.16. The van der Waals surface area contributed by atoms with Gasteiger partial charge in [-0.15, -0.1) is 0 Å². The van der Waals surface area contributed by atoms with E-state index in [1.54, 1.807) is 64.8 Å². The molecule has 0 saturated carbocycles. The van der Waals surface area contributed by atoms with Gasteiger partial charge in [0.2, 0.25) is 0 Å². The van der Waals surface area contributed by atoms with Crippen molar-refractivity contribution in [1.29, 1.82) is 0 Å². The molecule has 0 saturated heterocycles. The Morgan fingerprint density at radius 2 is 1.54 bits per heavy atom. The maximum Gasteiger partial charge on any atom is 0.273 e. The molecule has 0 bridgehead atoms. The topological polar surface area (TPSA) is 94.7 Å². The Kier molecular flexibility index (Phi) is 5.69. The highest BCUT2D eigenvalue weighted by molar-refractivity contribution is 6.03. The highest BCUT2D eigenvalue weighted by atomic mass is 16.5. The average Bonchev–Trinajstić information content (AvgIpc) is 3.23. The summed E-state index contributed by atoms with van der Waals surface area (Å²) in [6.45, 7) is 0. The molecule has 0 spiro atoms. The van der Waals surface area contributed by atoms with E-state index in [9.17, 15) is 4.79 Å². The first-order valence-corrected chi connectivity index (χ1v) is 8.40. The van der Waals surface area contributed by atoms with Crippen molar-refractivity contribution in [2.24, 2.45) is 0 Å². The van der Waals surface area contributed by atoms with Gasteiger partial charge < -0.3 is 24.3 Å². The number of aromatic nitrogens is 2. The molecule has 1 aromatic heterocycles. The molecular formula is C20H21N3O5. The predicted molar refractivity (Wildman–Crippen MR) is 105 cm³/mol. The quantitative estimate of drug-likeness (QED) is 0.650. The van der Waals surface area contributed by atoms with Gasteiger partial charge in [0.15, 0.2) is 0 Å². The number of H-pyrrole nitrogens is 1. The molecule has 146 valence electrons. The van der Waals surface area contributed by atoms with E-state index in [1.807, 2.05) is 6.07 Å². The lowest BCUT2D eigenvalue weighted by molar-refractivity contribution is 0.102. The van der Waals surface area contributed by atoms with Crippen LogP contribution in [-0.2, 0) is 0 Å². The summed E-state index contributed by atoms with van der Waals surface area (Å²) in [6, 6.07) is 12.1. The third-order valence-electron chi connectivity index (χ3n) is 4.12. The van der Waals surface area contributed by atoms with Gasteiger partial charge in [-0.1, -0.05) is 0 Å². The molecule has 0 fully saturated rings. The van der Waals surface area contributed by atoms with Crippen molar-refractivity contribution in [1.82, 2.24) is 10.2 Å². The number of hydrogen-bond acceptors (Lipinski definition) is 6. The molecule has 0 radical (unpaired) electrons. The van der Waals surface area contributed by atoms with Gasteiger partial charge in [-0.25, -0.2) is 0 Å². The third-order valence-corrected chi connectivity index (χ3v) is 4.12. The van der Waals surface area contributed by atoms with Crippen molar-refractivity contribution in [3.8, 4) is 34.3 Å². The average molecular weight is 383 g/mol. The van der Waals surface area contributed by atoms with Gasteiger partial charge in [-0.2, -0.15) is 5.10 Å². The molecule has 28 heavy (non-hydrogen) atoms. The smallest absolute Gasteiger partial charge is 0.273 e. The standard InChI is InChI=1S/C20H21N3O5/c1-25-13-5-6-16(19(10-13)28-4)17-11-18(23-22-17)20(24)21-12-7-14(26-2)9-15(8-12)27-3/h5-11H,1-4H3,(H,21,24)(H,22,23). The summed E-state index contributed by atoms with van der Waals surface area (Å²) >= 11 is 0. The summed E-state index contributed by atoms with van der Waals surface area (Å²) in [5.74, 6) is 2.06. The predicted octanol–water partition coefficient (Wildman–Crippen LogP) is 3.36. The molecule has 0 aliphatic heterocycles. The Morgan fingerprint density at radius 1 is 0.857 bits per heavy atom. The van der Waals surface area contributed by atoms with E-state index in [-0.39, 0.29) is 5.91 Å². The van der Waals surface area contributed by atoms with E-state index in [2.05, 4.69) is 15.5 Å². The zero-order valence-corrected chi connectivity index (χ0v) is 16.0. The van der Waals surface area contributed by atoms with E-state index in [0.717, 1.165) is 5.56 Å². The second-order valence-electron chi connectivity index (χ2n) is 5.79. The lowest BCUT2D eigenvalue weighted by atomic mass is 10.1. The second-order valence-corrected chi connectivity index (χ2v) is 5.79. The minimum absolute atomic E-state index is 0.301. The Balaban J connectivity index is 1.83. The summed E-state index contributed by atoms with van der Waals surface area (Å²) in [4.78, 5) is 12.6. The monoisotopic (exact) mass is 383 g/mol. The fourth-order valence-electron chi connectivity index (χ4n) is 2.66. The maximum atomic E-state index is 12.6. The number of nitrogens with zero attached hydrogens (tertiary/aromatic N) is 1. The molecule has 2 N–H and O–H groups in total. The van der Waals surface area contributed by atoms with Gasteiger partial charge in [0.05, 0.1) is 34.1 Å². The number of aromatic amines is 1. The van der Waals surface area contributed by atoms with Crippen molar-refractivity contribution in [2.45, 2.75) is 0 Å². The van der Waals surface area contributed by atoms with E-state index < -0.39 is 0 Å². The number of carbonyl (C=O) groups excluding carboxylic acids is 1. The molecule has 0 atom stereocenters. The van der Waals surface area contributed by atoms with Crippen LogP contribution in [0.3, 0.4) is 0 Å². The van der Waals surface area contributed by atoms with Crippen molar-refractivity contribution in [3.05, 3.63) is 48.2 Å². The van der Waals surface area contributed by atoms with Gasteiger partial charge in [0, 0.05) is 35.5 Å². The zero-order chi connectivity index (χ0) is 20.1. The van der Waals surface area contributed by atoms with Gasteiger partial charge in [0.25, 0.3) is 5.91 Å². The first kappa shape index (κ1) is 19.1. The lowest BCUT2D eigenvalue weighted by Gasteiger charge is -2.09. The second kappa shape index (κ2) is 8.34. The number of rotatable bonds is 7. The van der Waals surface area contributed by atoms with Crippen LogP contribution in [0, 0.1) is 0 Å². The first-order valence-electron chi connectivity index (χ1n) is 8.40. The normalized spacial score (nSPS) is 10.3. The number of methoxy groups -OCH3 is 4. The van der Waals surface area contributed by atoms with Crippen molar-refractivity contribution in [3.63, 3.8) is 0 Å².